The molecule has 138 valence electrons. The first-order valence-electron chi connectivity index (χ1n) is 8.21. The van der Waals surface area contributed by atoms with Crippen LogP contribution in [0.2, 0.25) is 0 Å². The van der Waals surface area contributed by atoms with Crippen molar-refractivity contribution in [1.82, 2.24) is 15.3 Å². The fourth-order valence-corrected chi connectivity index (χ4v) is 2.71. The summed E-state index contributed by atoms with van der Waals surface area (Å²) >= 11 is 0. The van der Waals surface area contributed by atoms with E-state index in [1.54, 1.807) is 24.4 Å². The van der Waals surface area contributed by atoms with Gasteiger partial charge < -0.3 is 15.2 Å². The minimum absolute atomic E-state index is 0.112. The number of benzene rings is 1. The van der Waals surface area contributed by atoms with Crippen molar-refractivity contribution in [3.05, 3.63) is 71.1 Å². The molecule has 3 aromatic rings. The Labute approximate surface area is 155 Å². The SMILES string of the molecule is CNC(=O)c1nc(C=COC)c2cc(Cc3ccc(F)cc3)cnc2c1O. The van der Waals surface area contributed by atoms with Crippen molar-refractivity contribution >= 4 is 22.9 Å². The molecule has 0 radical (unpaired) electrons. The molecule has 0 aliphatic carbocycles. The molecule has 0 aliphatic rings. The number of hydrogen-bond acceptors (Lipinski definition) is 5. The van der Waals surface area contributed by atoms with Crippen molar-refractivity contribution in [2.75, 3.05) is 14.2 Å². The molecule has 3 rings (SSSR count). The van der Waals surface area contributed by atoms with Crippen LogP contribution >= 0.6 is 0 Å². The smallest absolute Gasteiger partial charge is 0.273 e. The Morgan fingerprint density at radius 2 is 2.04 bits per heavy atom. The summed E-state index contributed by atoms with van der Waals surface area (Å²) in [6, 6.07) is 8.05. The van der Waals surface area contributed by atoms with Crippen LogP contribution in [0.5, 0.6) is 5.75 Å². The highest BCUT2D eigenvalue weighted by molar-refractivity contribution is 6.02. The molecule has 0 fully saturated rings. The normalized spacial score (nSPS) is 11.1. The van der Waals surface area contributed by atoms with E-state index in [1.165, 1.54) is 32.6 Å². The molecule has 0 bridgehead atoms. The fourth-order valence-electron chi connectivity index (χ4n) is 2.71. The van der Waals surface area contributed by atoms with Crippen LogP contribution in [0.4, 0.5) is 4.39 Å². The summed E-state index contributed by atoms with van der Waals surface area (Å²) in [6.45, 7) is 0. The molecule has 7 heteroatoms. The molecule has 1 aromatic carbocycles. The lowest BCUT2D eigenvalue weighted by Gasteiger charge is -2.10. The Kier molecular flexibility index (Phi) is 5.30. The molecule has 0 aliphatic heterocycles. The first kappa shape index (κ1) is 18.3. The van der Waals surface area contributed by atoms with E-state index < -0.39 is 5.91 Å². The number of hydrogen-bond donors (Lipinski definition) is 2. The number of aromatic hydroxyl groups is 1. The summed E-state index contributed by atoms with van der Waals surface area (Å²) in [5, 5.41) is 13.4. The number of carbonyl (C=O) groups excluding carboxylic acids is 1. The molecule has 2 heterocycles. The van der Waals surface area contributed by atoms with Crippen LogP contribution in [0.3, 0.4) is 0 Å². The van der Waals surface area contributed by atoms with Crippen LogP contribution in [-0.2, 0) is 11.2 Å². The highest BCUT2D eigenvalue weighted by Crippen LogP contribution is 2.30. The number of ether oxygens (including phenoxy) is 1. The van der Waals surface area contributed by atoms with Crippen LogP contribution < -0.4 is 5.32 Å². The predicted octanol–water partition coefficient (Wildman–Crippen LogP) is 3.04. The number of fused-ring (bicyclic) bond motifs is 1. The molecule has 1 amide bonds. The Bertz CT molecular complexity index is 1020. The lowest BCUT2D eigenvalue weighted by molar-refractivity contribution is 0.0955. The Morgan fingerprint density at radius 1 is 1.30 bits per heavy atom. The minimum Gasteiger partial charge on any atom is -0.504 e. The van der Waals surface area contributed by atoms with Gasteiger partial charge in [-0.3, -0.25) is 9.78 Å². The van der Waals surface area contributed by atoms with E-state index in [4.69, 9.17) is 4.74 Å². The summed E-state index contributed by atoms with van der Waals surface area (Å²) in [5.41, 5.74) is 2.37. The second kappa shape index (κ2) is 7.82. The van der Waals surface area contributed by atoms with Gasteiger partial charge in [-0.25, -0.2) is 9.37 Å². The molecule has 0 saturated carbocycles. The molecule has 27 heavy (non-hydrogen) atoms. The number of halogens is 1. The van der Waals surface area contributed by atoms with Gasteiger partial charge in [0.25, 0.3) is 5.91 Å². The van der Waals surface area contributed by atoms with Crippen LogP contribution in [-0.4, -0.2) is 35.1 Å². The maximum atomic E-state index is 13.1. The summed E-state index contributed by atoms with van der Waals surface area (Å²) in [6.07, 6.45) is 5.17. The number of rotatable bonds is 5. The molecule has 0 spiro atoms. The van der Waals surface area contributed by atoms with Crippen molar-refractivity contribution < 1.29 is 19.0 Å². The van der Waals surface area contributed by atoms with E-state index in [9.17, 15) is 14.3 Å². The third kappa shape index (κ3) is 3.87. The number of amides is 1. The first-order valence-corrected chi connectivity index (χ1v) is 8.21. The van der Waals surface area contributed by atoms with Gasteiger partial charge in [-0.2, -0.15) is 0 Å². The zero-order valence-corrected chi connectivity index (χ0v) is 14.9. The molecule has 0 atom stereocenters. The molecular formula is C20H18FN3O3. The highest BCUT2D eigenvalue weighted by Gasteiger charge is 2.19. The fraction of sp³-hybridized carbons (Fsp3) is 0.150. The number of nitrogens with zero attached hydrogens (tertiary/aromatic N) is 2. The molecule has 2 aromatic heterocycles. The van der Waals surface area contributed by atoms with E-state index in [2.05, 4.69) is 15.3 Å². The van der Waals surface area contributed by atoms with Crippen LogP contribution in [0.25, 0.3) is 17.0 Å². The second-order valence-electron chi connectivity index (χ2n) is 5.85. The van der Waals surface area contributed by atoms with E-state index in [0.717, 1.165) is 11.1 Å². The maximum absolute atomic E-state index is 13.1. The Hall–Kier alpha value is -3.48. The lowest BCUT2D eigenvalue weighted by Crippen LogP contribution is -2.20. The van der Waals surface area contributed by atoms with E-state index in [0.29, 0.717) is 17.5 Å². The molecule has 0 saturated heterocycles. The van der Waals surface area contributed by atoms with Gasteiger partial charge in [0.15, 0.2) is 11.4 Å². The highest BCUT2D eigenvalue weighted by atomic mass is 19.1. The van der Waals surface area contributed by atoms with E-state index >= 15 is 0 Å². The van der Waals surface area contributed by atoms with Gasteiger partial charge in [0.1, 0.15) is 11.3 Å². The van der Waals surface area contributed by atoms with Gasteiger partial charge in [0.2, 0.25) is 0 Å². The Morgan fingerprint density at radius 3 is 2.70 bits per heavy atom. The zero-order valence-electron chi connectivity index (χ0n) is 14.9. The maximum Gasteiger partial charge on any atom is 0.273 e. The summed E-state index contributed by atoms with van der Waals surface area (Å²) in [5.74, 6) is -1.09. The van der Waals surface area contributed by atoms with Gasteiger partial charge in [0, 0.05) is 18.6 Å². The van der Waals surface area contributed by atoms with Crippen LogP contribution in [0.1, 0.15) is 27.3 Å². The van der Waals surface area contributed by atoms with Gasteiger partial charge in [-0.15, -0.1) is 0 Å². The Balaban J connectivity index is 2.11. The van der Waals surface area contributed by atoms with Crippen molar-refractivity contribution in [2.24, 2.45) is 0 Å². The van der Waals surface area contributed by atoms with Gasteiger partial charge in [-0.1, -0.05) is 12.1 Å². The number of nitrogens with one attached hydrogen (secondary N) is 1. The number of aromatic nitrogens is 2. The minimum atomic E-state index is -0.515. The van der Waals surface area contributed by atoms with E-state index in [1.807, 2.05) is 6.07 Å². The number of methoxy groups -OCH3 is 1. The van der Waals surface area contributed by atoms with Gasteiger partial charge >= 0.3 is 0 Å². The quantitative estimate of drug-likeness (QED) is 0.677. The van der Waals surface area contributed by atoms with Crippen LogP contribution in [0, 0.1) is 5.82 Å². The summed E-state index contributed by atoms with van der Waals surface area (Å²) in [7, 11) is 2.95. The molecular weight excluding hydrogens is 349 g/mol. The zero-order chi connectivity index (χ0) is 19.4. The summed E-state index contributed by atoms with van der Waals surface area (Å²) in [4.78, 5) is 20.6. The van der Waals surface area contributed by atoms with Crippen molar-refractivity contribution in [2.45, 2.75) is 6.42 Å². The third-order valence-corrected chi connectivity index (χ3v) is 4.03. The first-order chi connectivity index (χ1) is 13.0. The molecule has 6 nitrogen and oxygen atoms in total. The average molecular weight is 367 g/mol. The van der Waals surface area contributed by atoms with Gasteiger partial charge in [-0.05, 0) is 41.8 Å². The van der Waals surface area contributed by atoms with Crippen molar-refractivity contribution in [1.29, 1.82) is 0 Å². The monoisotopic (exact) mass is 367 g/mol. The largest absolute Gasteiger partial charge is 0.504 e. The molecule has 2 N–H and O–H groups in total. The molecule has 0 unspecified atom stereocenters. The second-order valence-corrected chi connectivity index (χ2v) is 5.85. The van der Waals surface area contributed by atoms with Crippen molar-refractivity contribution in [3.63, 3.8) is 0 Å². The lowest BCUT2D eigenvalue weighted by atomic mass is 10.0. The summed E-state index contributed by atoms with van der Waals surface area (Å²) < 4.78 is 18.0. The third-order valence-electron chi connectivity index (χ3n) is 4.03. The average Bonchev–Trinajstić information content (AvgIpc) is 2.68. The predicted molar refractivity (Wildman–Crippen MR) is 99.8 cm³/mol. The topological polar surface area (TPSA) is 84.3 Å². The number of carbonyl (C=O) groups is 1. The number of pyridine rings is 2. The van der Waals surface area contributed by atoms with Crippen LogP contribution in [0.15, 0.2) is 42.8 Å². The standard InChI is InChI=1S/C20H18FN3O3/c1-22-20(26)18-19(25)17-15(16(24-18)7-8-27-2)10-13(11-23-17)9-12-3-5-14(21)6-4-12/h3-8,10-11,25H,9H2,1-2H3,(H,22,26). The van der Waals surface area contributed by atoms with Crippen molar-refractivity contribution in [3.8, 4) is 5.75 Å². The van der Waals surface area contributed by atoms with E-state index in [-0.39, 0.29) is 22.8 Å². The van der Waals surface area contributed by atoms with Gasteiger partial charge in [0.05, 0.1) is 19.1 Å².